The van der Waals surface area contributed by atoms with Gasteiger partial charge in [-0.15, -0.1) is 0 Å². The molecule has 1 aliphatic heterocycles. The largest absolute Gasteiger partial charge is 0.288 e. The van der Waals surface area contributed by atoms with E-state index in [0.717, 1.165) is 24.2 Å². The molecule has 0 saturated carbocycles. The van der Waals surface area contributed by atoms with Crippen LogP contribution in [-0.2, 0) is 13.0 Å². The Morgan fingerprint density at radius 2 is 2.47 bits per heavy atom. The topological polar surface area (TPSA) is 65.5 Å². The Kier molecular flexibility index (Phi) is 2.90. The van der Waals surface area contributed by atoms with Crippen LogP contribution in [0.1, 0.15) is 21.6 Å². The molecule has 80 valence electrons. The van der Waals surface area contributed by atoms with Gasteiger partial charge in [-0.3, -0.25) is 15.0 Å². The van der Waals surface area contributed by atoms with E-state index in [1.807, 2.05) is 4.31 Å². The molecule has 0 spiro atoms. The van der Waals surface area contributed by atoms with Crippen molar-refractivity contribution in [3.8, 4) is 0 Å². The number of hydroxylamine groups is 1. The summed E-state index contributed by atoms with van der Waals surface area (Å²) in [7, 11) is 0. The summed E-state index contributed by atoms with van der Waals surface area (Å²) < 4.78 is 1.87. The fourth-order valence-electron chi connectivity index (χ4n) is 1.60. The third kappa shape index (κ3) is 2.11. The van der Waals surface area contributed by atoms with Crippen LogP contribution in [0.4, 0.5) is 0 Å². The SMILES string of the molecule is O=C(NO)c1cnc2c(c1)CN(S)CC2. The Labute approximate surface area is 92.6 Å². The van der Waals surface area contributed by atoms with Crippen LogP contribution in [0.25, 0.3) is 0 Å². The normalized spacial score (nSPS) is 15.9. The van der Waals surface area contributed by atoms with Gasteiger partial charge in [0.25, 0.3) is 5.91 Å². The maximum absolute atomic E-state index is 11.1. The number of carbonyl (C=O) groups is 1. The zero-order valence-electron chi connectivity index (χ0n) is 7.97. The molecule has 0 aromatic carbocycles. The Morgan fingerprint density at radius 1 is 1.67 bits per heavy atom. The van der Waals surface area contributed by atoms with Gasteiger partial charge in [0.1, 0.15) is 0 Å². The van der Waals surface area contributed by atoms with Crippen LogP contribution in [-0.4, -0.2) is 26.9 Å². The number of pyridine rings is 1. The van der Waals surface area contributed by atoms with Crippen LogP contribution < -0.4 is 5.48 Å². The maximum atomic E-state index is 11.1. The minimum Gasteiger partial charge on any atom is -0.288 e. The molecule has 2 rings (SSSR count). The second-order valence-corrected chi connectivity index (χ2v) is 3.97. The predicted octanol–water partition coefficient (Wildman–Crippen LogP) is 0.404. The highest BCUT2D eigenvalue weighted by Crippen LogP contribution is 2.18. The highest BCUT2D eigenvalue weighted by molar-refractivity contribution is 7.77. The van der Waals surface area contributed by atoms with Gasteiger partial charge >= 0.3 is 0 Å². The van der Waals surface area contributed by atoms with E-state index in [-0.39, 0.29) is 0 Å². The fraction of sp³-hybridized carbons (Fsp3) is 0.333. The van der Waals surface area contributed by atoms with Gasteiger partial charge in [-0.1, -0.05) is 12.8 Å². The van der Waals surface area contributed by atoms with Crippen LogP contribution in [0.2, 0.25) is 0 Å². The van der Waals surface area contributed by atoms with Crippen molar-refractivity contribution in [3.05, 3.63) is 29.1 Å². The number of thiol groups is 1. The summed E-state index contributed by atoms with van der Waals surface area (Å²) in [6.07, 6.45) is 2.30. The molecule has 1 aromatic heterocycles. The van der Waals surface area contributed by atoms with E-state index < -0.39 is 5.91 Å². The van der Waals surface area contributed by atoms with Gasteiger partial charge in [0.2, 0.25) is 0 Å². The van der Waals surface area contributed by atoms with Crippen molar-refractivity contribution in [2.24, 2.45) is 0 Å². The van der Waals surface area contributed by atoms with Gasteiger partial charge in [0.15, 0.2) is 0 Å². The molecule has 1 aliphatic rings. The molecule has 0 saturated heterocycles. The summed E-state index contributed by atoms with van der Waals surface area (Å²) in [5.74, 6) is -0.540. The molecule has 0 atom stereocenters. The number of nitrogens with one attached hydrogen (secondary N) is 1. The van der Waals surface area contributed by atoms with Crippen molar-refractivity contribution < 1.29 is 10.0 Å². The van der Waals surface area contributed by atoms with E-state index in [1.165, 1.54) is 6.20 Å². The van der Waals surface area contributed by atoms with E-state index >= 15 is 0 Å². The molecule has 2 heterocycles. The molecule has 0 aliphatic carbocycles. The molecule has 2 N–H and O–H groups in total. The van der Waals surface area contributed by atoms with Crippen LogP contribution in [0, 0.1) is 0 Å². The number of hydrogen-bond donors (Lipinski definition) is 3. The average molecular weight is 225 g/mol. The molecular weight excluding hydrogens is 214 g/mol. The van der Waals surface area contributed by atoms with E-state index in [1.54, 1.807) is 11.5 Å². The number of carbonyl (C=O) groups excluding carboxylic acids is 1. The first-order valence-electron chi connectivity index (χ1n) is 4.57. The number of amides is 1. The van der Waals surface area contributed by atoms with Gasteiger partial charge in [-0.2, -0.15) is 0 Å². The van der Waals surface area contributed by atoms with E-state index in [2.05, 4.69) is 17.8 Å². The fourth-order valence-corrected chi connectivity index (χ4v) is 1.85. The zero-order valence-corrected chi connectivity index (χ0v) is 8.87. The zero-order chi connectivity index (χ0) is 10.8. The molecule has 1 aromatic rings. The molecule has 15 heavy (non-hydrogen) atoms. The Balaban J connectivity index is 2.32. The first kappa shape index (κ1) is 10.4. The molecular formula is C9H11N3O2S. The van der Waals surface area contributed by atoms with Gasteiger partial charge in [0.05, 0.1) is 5.56 Å². The Bertz CT molecular complexity index is 397. The molecule has 0 fully saturated rings. The summed E-state index contributed by atoms with van der Waals surface area (Å²) in [4.78, 5) is 15.3. The van der Waals surface area contributed by atoms with Crippen LogP contribution in [0.3, 0.4) is 0 Å². The lowest BCUT2D eigenvalue weighted by Gasteiger charge is -2.23. The quantitative estimate of drug-likeness (QED) is 0.368. The molecule has 5 nitrogen and oxygen atoms in total. The van der Waals surface area contributed by atoms with Crippen molar-refractivity contribution >= 4 is 18.7 Å². The lowest BCUT2D eigenvalue weighted by molar-refractivity contribution is 0.0705. The first-order chi connectivity index (χ1) is 7.20. The highest BCUT2D eigenvalue weighted by atomic mass is 32.1. The Morgan fingerprint density at radius 3 is 3.20 bits per heavy atom. The Hall–Kier alpha value is -1.11. The van der Waals surface area contributed by atoms with Crippen molar-refractivity contribution in [3.63, 3.8) is 0 Å². The minimum absolute atomic E-state index is 0.361. The van der Waals surface area contributed by atoms with E-state index in [9.17, 15) is 4.79 Å². The monoisotopic (exact) mass is 225 g/mol. The summed E-state index contributed by atoms with van der Waals surface area (Å²) in [5, 5.41) is 8.49. The van der Waals surface area contributed by atoms with Crippen molar-refractivity contribution in [1.82, 2.24) is 14.8 Å². The van der Waals surface area contributed by atoms with E-state index in [0.29, 0.717) is 12.1 Å². The highest BCUT2D eigenvalue weighted by Gasteiger charge is 2.16. The summed E-state index contributed by atoms with van der Waals surface area (Å²) in [6, 6.07) is 1.73. The second-order valence-electron chi connectivity index (χ2n) is 3.41. The van der Waals surface area contributed by atoms with Gasteiger partial charge in [-0.05, 0) is 11.6 Å². The summed E-state index contributed by atoms with van der Waals surface area (Å²) in [5.41, 5.74) is 3.93. The van der Waals surface area contributed by atoms with Gasteiger partial charge in [0, 0.05) is 31.4 Å². The standard InChI is InChI=1S/C9H11N3O2S/c13-9(11-14)6-3-7-5-12(15)2-1-8(7)10-4-6/h3-4,14-15H,1-2,5H2,(H,11,13). The smallest absolute Gasteiger partial charge is 0.276 e. The second kappa shape index (κ2) is 4.18. The van der Waals surface area contributed by atoms with Crippen LogP contribution in [0.5, 0.6) is 0 Å². The third-order valence-corrected chi connectivity index (χ3v) is 2.72. The number of nitrogens with zero attached hydrogens (tertiary/aromatic N) is 2. The molecule has 1 amide bonds. The lowest BCUT2D eigenvalue weighted by atomic mass is 10.1. The third-order valence-electron chi connectivity index (χ3n) is 2.38. The number of rotatable bonds is 1. The maximum Gasteiger partial charge on any atom is 0.276 e. The minimum atomic E-state index is -0.540. The van der Waals surface area contributed by atoms with Gasteiger partial charge in [-0.25, -0.2) is 9.79 Å². The first-order valence-corrected chi connectivity index (χ1v) is 4.97. The molecule has 6 heteroatoms. The van der Waals surface area contributed by atoms with Gasteiger partial charge < -0.3 is 0 Å². The summed E-state index contributed by atoms with van der Waals surface area (Å²) in [6.45, 7) is 1.52. The summed E-state index contributed by atoms with van der Waals surface area (Å²) >= 11 is 4.25. The van der Waals surface area contributed by atoms with E-state index in [4.69, 9.17) is 5.21 Å². The van der Waals surface area contributed by atoms with Crippen LogP contribution >= 0.6 is 12.8 Å². The van der Waals surface area contributed by atoms with Crippen molar-refractivity contribution in [1.29, 1.82) is 0 Å². The number of fused-ring (bicyclic) bond motifs is 1. The lowest BCUT2D eigenvalue weighted by Crippen LogP contribution is -2.25. The predicted molar refractivity (Wildman–Crippen MR) is 56.6 cm³/mol. The molecule has 0 unspecified atom stereocenters. The molecule has 0 bridgehead atoms. The average Bonchev–Trinajstić information content (AvgIpc) is 2.27. The van der Waals surface area contributed by atoms with Crippen molar-refractivity contribution in [2.75, 3.05) is 6.54 Å². The van der Waals surface area contributed by atoms with Crippen LogP contribution in [0.15, 0.2) is 12.3 Å². The van der Waals surface area contributed by atoms with Crippen molar-refractivity contribution in [2.45, 2.75) is 13.0 Å². The number of hydrogen-bond acceptors (Lipinski definition) is 5. The number of aromatic nitrogens is 1. The molecule has 0 radical (unpaired) electrons.